The van der Waals surface area contributed by atoms with Gasteiger partial charge in [0.05, 0.1) is 12.0 Å². The lowest BCUT2D eigenvalue weighted by Gasteiger charge is -2.25. The number of hydrogen-bond acceptors (Lipinski definition) is 2. The minimum atomic E-state index is -0.579. The maximum absolute atomic E-state index is 12.0. The van der Waals surface area contributed by atoms with E-state index in [1.54, 1.807) is 6.92 Å². The Kier molecular flexibility index (Phi) is 4.07. The van der Waals surface area contributed by atoms with Crippen LogP contribution in [0.3, 0.4) is 0 Å². The van der Waals surface area contributed by atoms with E-state index in [1.807, 2.05) is 44.2 Å². The molecule has 0 aromatic heterocycles. The van der Waals surface area contributed by atoms with Crippen LogP contribution in [0.4, 0.5) is 0 Å². The lowest BCUT2D eigenvalue weighted by atomic mass is 9.83. The van der Waals surface area contributed by atoms with Crippen LogP contribution in [0.2, 0.25) is 0 Å². The smallest absolute Gasteiger partial charge is 0.230 e. The number of amides is 1. The molecular weight excluding hydrogens is 202 g/mol. The topological polar surface area (TPSA) is 49.3 Å². The molecule has 3 nitrogen and oxygen atoms in total. The van der Waals surface area contributed by atoms with Crippen molar-refractivity contribution in [3.05, 3.63) is 35.9 Å². The van der Waals surface area contributed by atoms with Gasteiger partial charge in [0, 0.05) is 6.04 Å². The zero-order valence-corrected chi connectivity index (χ0v) is 10.0. The molecule has 0 aliphatic rings. The molecule has 0 aliphatic carbocycles. The Labute approximate surface area is 96.5 Å². The molecule has 0 spiro atoms. The van der Waals surface area contributed by atoms with Crippen LogP contribution >= 0.6 is 0 Å². The van der Waals surface area contributed by atoms with Gasteiger partial charge < -0.3 is 10.4 Å². The quantitative estimate of drug-likeness (QED) is 0.808. The Morgan fingerprint density at radius 3 is 2.44 bits per heavy atom. The molecule has 3 heteroatoms. The Hall–Kier alpha value is -1.35. The van der Waals surface area contributed by atoms with Crippen LogP contribution in [-0.2, 0) is 10.2 Å². The summed E-state index contributed by atoms with van der Waals surface area (Å²) in [6, 6.07) is 9.41. The third kappa shape index (κ3) is 2.83. The predicted octanol–water partition coefficient (Wildman–Crippen LogP) is 1.46. The number of nitrogens with one attached hydrogen (secondary N) is 1. The monoisotopic (exact) mass is 221 g/mol. The highest BCUT2D eigenvalue weighted by molar-refractivity contribution is 5.87. The van der Waals surface area contributed by atoms with Crippen molar-refractivity contribution in [2.75, 3.05) is 6.61 Å². The van der Waals surface area contributed by atoms with Gasteiger partial charge in [-0.15, -0.1) is 0 Å². The number of carbonyl (C=O) groups excluding carboxylic acids is 1. The minimum absolute atomic E-state index is 0.0450. The molecule has 16 heavy (non-hydrogen) atoms. The van der Waals surface area contributed by atoms with E-state index in [2.05, 4.69) is 5.32 Å². The minimum Gasteiger partial charge on any atom is -0.394 e. The SMILES string of the molecule is C[C@@H](CO)NC(=O)C(C)(C)c1ccccc1. The summed E-state index contributed by atoms with van der Waals surface area (Å²) in [6.07, 6.45) is 0. The van der Waals surface area contributed by atoms with E-state index in [0.717, 1.165) is 5.56 Å². The fourth-order valence-corrected chi connectivity index (χ4v) is 1.44. The molecule has 0 heterocycles. The number of benzene rings is 1. The average Bonchev–Trinajstić information content (AvgIpc) is 2.29. The van der Waals surface area contributed by atoms with E-state index in [1.165, 1.54) is 0 Å². The standard InChI is InChI=1S/C13H19NO2/c1-10(9-15)14-12(16)13(2,3)11-7-5-4-6-8-11/h4-8,10,15H,9H2,1-3H3,(H,14,16)/t10-/m0/s1. The normalized spacial score (nSPS) is 13.2. The molecule has 1 aromatic carbocycles. The van der Waals surface area contributed by atoms with Crippen molar-refractivity contribution in [3.63, 3.8) is 0 Å². The molecule has 0 radical (unpaired) electrons. The molecule has 0 unspecified atom stereocenters. The lowest BCUT2D eigenvalue weighted by Crippen LogP contribution is -2.45. The van der Waals surface area contributed by atoms with Crippen molar-refractivity contribution in [3.8, 4) is 0 Å². The maximum atomic E-state index is 12.0. The molecule has 1 atom stereocenters. The second-order valence-corrected chi connectivity index (χ2v) is 4.55. The van der Waals surface area contributed by atoms with Crippen LogP contribution in [0.25, 0.3) is 0 Å². The van der Waals surface area contributed by atoms with Crippen molar-refractivity contribution in [1.82, 2.24) is 5.32 Å². The van der Waals surface area contributed by atoms with E-state index in [0.29, 0.717) is 0 Å². The second kappa shape index (κ2) is 5.12. The summed E-state index contributed by atoms with van der Waals surface area (Å²) in [5.41, 5.74) is 0.391. The fraction of sp³-hybridized carbons (Fsp3) is 0.462. The van der Waals surface area contributed by atoms with Gasteiger partial charge in [-0.25, -0.2) is 0 Å². The van der Waals surface area contributed by atoms with Crippen LogP contribution in [0.1, 0.15) is 26.3 Å². The summed E-state index contributed by atoms with van der Waals surface area (Å²) in [5.74, 6) is -0.0692. The first-order valence-electron chi connectivity index (χ1n) is 5.46. The number of aliphatic hydroxyl groups is 1. The molecule has 2 N–H and O–H groups in total. The van der Waals surface area contributed by atoms with Gasteiger partial charge in [-0.05, 0) is 26.3 Å². The number of carbonyl (C=O) groups is 1. The highest BCUT2D eigenvalue weighted by atomic mass is 16.3. The number of rotatable bonds is 4. The Morgan fingerprint density at radius 2 is 1.94 bits per heavy atom. The maximum Gasteiger partial charge on any atom is 0.230 e. The van der Waals surface area contributed by atoms with Gasteiger partial charge in [0.2, 0.25) is 5.91 Å². The summed E-state index contributed by atoms with van der Waals surface area (Å²) < 4.78 is 0. The molecular formula is C13H19NO2. The first kappa shape index (κ1) is 12.7. The van der Waals surface area contributed by atoms with Gasteiger partial charge in [-0.2, -0.15) is 0 Å². The van der Waals surface area contributed by atoms with Gasteiger partial charge in [0.25, 0.3) is 0 Å². The summed E-state index contributed by atoms with van der Waals surface area (Å²) in [7, 11) is 0. The first-order chi connectivity index (χ1) is 7.48. The van der Waals surface area contributed by atoms with E-state index in [4.69, 9.17) is 5.11 Å². The van der Waals surface area contributed by atoms with Crippen LogP contribution in [0.5, 0.6) is 0 Å². The number of hydrogen-bond donors (Lipinski definition) is 2. The Morgan fingerprint density at radius 1 is 1.38 bits per heavy atom. The van der Waals surface area contributed by atoms with Crippen molar-refractivity contribution in [1.29, 1.82) is 0 Å². The zero-order valence-electron chi connectivity index (χ0n) is 10.0. The highest BCUT2D eigenvalue weighted by Gasteiger charge is 2.30. The van der Waals surface area contributed by atoms with Gasteiger partial charge in [0.15, 0.2) is 0 Å². The molecule has 1 aromatic rings. The molecule has 1 rings (SSSR count). The van der Waals surface area contributed by atoms with Crippen molar-refractivity contribution < 1.29 is 9.90 Å². The van der Waals surface area contributed by atoms with Gasteiger partial charge in [0.1, 0.15) is 0 Å². The first-order valence-corrected chi connectivity index (χ1v) is 5.46. The average molecular weight is 221 g/mol. The molecule has 0 fully saturated rings. The summed E-state index contributed by atoms with van der Waals surface area (Å²) in [4.78, 5) is 12.0. The van der Waals surface area contributed by atoms with Crippen LogP contribution in [0, 0.1) is 0 Å². The van der Waals surface area contributed by atoms with Crippen LogP contribution < -0.4 is 5.32 Å². The zero-order chi connectivity index (χ0) is 12.2. The van der Waals surface area contributed by atoms with Gasteiger partial charge >= 0.3 is 0 Å². The molecule has 1 amide bonds. The van der Waals surface area contributed by atoms with Crippen molar-refractivity contribution >= 4 is 5.91 Å². The van der Waals surface area contributed by atoms with E-state index >= 15 is 0 Å². The largest absolute Gasteiger partial charge is 0.394 e. The van der Waals surface area contributed by atoms with Crippen molar-refractivity contribution in [2.45, 2.75) is 32.2 Å². The lowest BCUT2D eigenvalue weighted by molar-refractivity contribution is -0.126. The molecule has 0 bridgehead atoms. The second-order valence-electron chi connectivity index (χ2n) is 4.55. The van der Waals surface area contributed by atoms with Crippen molar-refractivity contribution in [2.24, 2.45) is 0 Å². The third-order valence-electron chi connectivity index (χ3n) is 2.71. The summed E-state index contributed by atoms with van der Waals surface area (Å²) in [5, 5.41) is 11.7. The molecule has 0 saturated heterocycles. The molecule has 88 valence electrons. The highest BCUT2D eigenvalue weighted by Crippen LogP contribution is 2.22. The van der Waals surface area contributed by atoms with Gasteiger partial charge in [-0.1, -0.05) is 30.3 Å². The van der Waals surface area contributed by atoms with E-state index in [9.17, 15) is 4.79 Å². The van der Waals surface area contributed by atoms with E-state index < -0.39 is 5.41 Å². The van der Waals surface area contributed by atoms with Crippen LogP contribution in [-0.4, -0.2) is 23.7 Å². The fourth-order valence-electron chi connectivity index (χ4n) is 1.44. The third-order valence-corrected chi connectivity index (χ3v) is 2.71. The predicted molar refractivity (Wildman–Crippen MR) is 64.2 cm³/mol. The Bertz CT molecular complexity index is 346. The summed E-state index contributed by atoms with van der Waals surface area (Å²) in [6.45, 7) is 5.49. The van der Waals surface area contributed by atoms with Crippen LogP contribution in [0.15, 0.2) is 30.3 Å². The number of aliphatic hydroxyl groups excluding tert-OH is 1. The van der Waals surface area contributed by atoms with E-state index in [-0.39, 0.29) is 18.6 Å². The molecule has 0 aliphatic heterocycles. The molecule has 0 saturated carbocycles. The van der Waals surface area contributed by atoms with Gasteiger partial charge in [-0.3, -0.25) is 4.79 Å². The Balaban J connectivity index is 2.82. The summed E-state index contributed by atoms with van der Waals surface area (Å²) >= 11 is 0.